The van der Waals surface area contributed by atoms with Gasteiger partial charge in [-0.25, -0.2) is 0 Å². The topological polar surface area (TPSA) is 0 Å². The molecule has 0 saturated carbocycles. The molecule has 0 aliphatic heterocycles. The zero-order chi connectivity index (χ0) is 12.7. The fourth-order valence-electron chi connectivity index (χ4n) is 0. The summed E-state index contributed by atoms with van der Waals surface area (Å²) in [4.78, 5) is 0. The summed E-state index contributed by atoms with van der Waals surface area (Å²) in [5.74, 6) is 0. The largest absolute Gasteiger partial charge is 0.0776 e. The van der Waals surface area contributed by atoms with E-state index in [9.17, 15) is 0 Å². The van der Waals surface area contributed by atoms with Gasteiger partial charge in [0.25, 0.3) is 0 Å². The van der Waals surface area contributed by atoms with Crippen molar-refractivity contribution in [1.29, 1.82) is 0 Å². The highest BCUT2D eigenvalue weighted by Crippen LogP contribution is 1.56. The Morgan fingerprint density at radius 2 is 0.353 bits per heavy atom. The predicted molar refractivity (Wildman–Crippen MR) is 99.6 cm³/mol. The number of hydrogen-bond donors (Lipinski definition) is 0. The van der Waals surface area contributed by atoms with E-state index in [1.54, 1.807) is 0 Å². The van der Waals surface area contributed by atoms with E-state index in [0.29, 0.717) is 0 Å². The summed E-state index contributed by atoms with van der Waals surface area (Å²) in [6.45, 7) is 24.2. The van der Waals surface area contributed by atoms with Crippen LogP contribution >= 0.6 is 0 Å². The molecule has 0 atom stereocenters. The molecule has 0 spiro atoms. The Hall–Kier alpha value is 0. The smallest absolute Gasteiger partial charge is 0.0590 e. The quantitative estimate of drug-likeness (QED) is 0.406. The SMILES string of the molecule is C.C.C.C.CC.CC.CC.CC.CC.CCC. The van der Waals surface area contributed by atoms with E-state index >= 15 is 0 Å². The van der Waals surface area contributed by atoms with E-state index in [4.69, 9.17) is 0 Å². The molecule has 0 aromatic carbocycles. The van der Waals surface area contributed by atoms with Crippen LogP contribution in [0, 0.1) is 0 Å². The van der Waals surface area contributed by atoms with Crippen molar-refractivity contribution in [3.05, 3.63) is 0 Å². The molecule has 122 valence electrons. The molecule has 0 rings (SSSR count). The van der Waals surface area contributed by atoms with Crippen LogP contribution in [-0.2, 0) is 0 Å². The summed E-state index contributed by atoms with van der Waals surface area (Å²) in [6.07, 6.45) is 1.25. The Kier molecular flexibility index (Phi) is 18800. The molecule has 0 saturated heterocycles. The maximum atomic E-state index is 2.12. The summed E-state index contributed by atoms with van der Waals surface area (Å²) in [5.41, 5.74) is 0. The van der Waals surface area contributed by atoms with Crippen molar-refractivity contribution >= 4 is 0 Å². The molecular formula is C17H54. The van der Waals surface area contributed by atoms with Gasteiger partial charge in [0, 0.05) is 0 Å². The lowest BCUT2D eigenvalue weighted by atomic mass is 10.6. The van der Waals surface area contributed by atoms with Crippen molar-refractivity contribution in [2.24, 2.45) is 0 Å². The molecule has 0 unspecified atom stereocenters. The second-order valence-corrected chi connectivity index (χ2v) is 0.707. The lowest BCUT2D eigenvalue weighted by Crippen LogP contribution is -1.27. The van der Waals surface area contributed by atoms with Crippen LogP contribution in [0.15, 0.2) is 0 Å². The van der Waals surface area contributed by atoms with Crippen LogP contribution in [0.25, 0.3) is 0 Å². The molecule has 0 amide bonds. The molecular weight excluding hydrogens is 204 g/mol. The zero-order valence-electron chi connectivity index (χ0n) is 12.7. The van der Waals surface area contributed by atoms with Crippen molar-refractivity contribution in [3.63, 3.8) is 0 Å². The summed E-state index contributed by atoms with van der Waals surface area (Å²) < 4.78 is 0. The van der Waals surface area contributed by atoms with Gasteiger partial charge in [-0.05, 0) is 0 Å². The third kappa shape index (κ3) is 0. The van der Waals surface area contributed by atoms with Gasteiger partial charge in [-0.3, -0.25) is 0 Å². The maximum absolute atomic E-state index is 2.12. The highest BCUT2D eigenvalue weighted by atomic mass is 13.4. The van der Waals surface area contributed by atoms with Gasteiger partial charge < -0.3 is 0 Å². The van der Waals surface area contributed by atoms with E-state index in [0.717, 1.165) is 0 Å². The minimum absolute atomic E-state index is 0. The van der Waals surface area contributed by atoms with Gasteiger partial charge in [0.15, 0.2) is 0 Å². The minimum Gasteiger partial charge on any atom is -0.0776 e. The van der Waals surface area contributed by atoms with E-state index in [-0.39, 0.29) is 29.7 Å². The molecule has 0 nitrogen and oxygen atoms in total. The fraction of sp³-hybridized carbons (Fsp3) is 1.00. The van der Waals surface area contributed by atoms with Crippen molar-refractivity contribution < 1.29 is 0 Å². The van der Waals surface area contributed by atoms with Crippen LogP contribution < -0.4 is 0 Å². The van der Waals surface area contributed by atoms with Gasteiger partial charge in [-0.15, -0.1) is 0 Å². The third-order valence-corrected chi connectivity index (χ3v) is 0. The Morgan fingerprint density at radius 3 is 0.353 bits per heavy atom. The zero-order valence-corrected chi connectivity index (χ0v) is 12.7. The van der Waals surface area contributed by atoms with E-state index in [1.165, 1.54) is 6.42 Å². The first-order valence-corrected chi connectivity index (χ1v) is 6.41. The van der Waals surface area contributed by atoms with Gasteiger partial charge in [-0.2, -0.15) is 0 Å². The third-order valence-electron chi connectivity index (χ3n) is 0. The molecule has 0 aromatic heterocycles. The molecule has 17 heavy (non-hydrogen) atoms. The first-order valence-electron chi connectivity index (χ1n) is 6.41. The minimum atomic E-state index is 0. The van der Waals surface area contributed by atoms with Gasteiger partial charge in [-0.1, -0.05) is 119 Å². The summed E-state index contributed by atoms with van der Waals surface area (Å²) in [5, 5.41) is 0. The van der Waals surface area contributed by atoms with Crippen LogP contribution in [0.3, 0.4) is 0 Å². The molecule has 0 aromatic rings. The second-order valence-electron chi connectivity index (χ2n) is 0.707. The van der Waals surface area contributed by atoms with Crippen molar-refractivity contribution in [3.8, 4) is 0 Å². The highest BCUT2D eigenvalue weighted by molar-refractivity contribution is 3.92. The van der Waals surface area contributed by atoms with Crippen LogP contribution in [0.4, 0.5) is 0 Å². The Bertz CT molecular complexity index is 0. The maximum Gasteiger partial charge on any atom is -0.0590 e. The van der Waals surface area contributed by atoms with Gasteiger partial charge in [0.05, 0.1) is 0 Å². The molecule has 0 N–H and O–H groups in total. The molecule has 0 aliphatic rings. The lowest BCUT2D eigenvalue weighted by molar-refractivity contribution is 1.09. The lowest BCUT2D eigenvalue weighted by Gasteiger charge is -1.48. The molecule has 0 bridgehead atoms. The standard InChI is InChI=1S/C3H8.5C2H6.4CH4/c1-3-2;5*1-2;;;;/h3H2,1-2H3;5*1-2H3;4*1H4. The van der Waals surface area contributed by atoms with Crippen molar-refractivity contribution in [2.75, 3.05) is 0 Å². The molecule has 0 heterocycles. The van der Waals surface area contributed by atoms with Gasteiger partial charge >= 0.3 is 0 Å². The second kappa shape index (κ2) is 3600. The Balaban J connectivity index is -0.00000000417. The molecule has 0 fully saturated rings. The predicted octanol–water partition coefficient (Wildman–Crippen LogP) is 9.09. The summed E-state index contributed by atoms with van der Waals surface area (Å²) >= 11 is 0. The first kappa shape index (κ1) is 88.8. The molecule has 0 aliphatic carbocycles. The molecule has 0 radical (unpaired) electrons. The summed E-state index contributed by atoms with van der Waals surface area (Å²) in [6, 6.07) is 0. The van der Waals surface area contributed by atoms with Crippen LogP contribution in [0.1, 0.15) is 119 Å². The van der Waals surface area contributed by atoms with Crippen LogP contribution in [0.2, 0.25) is 0 Å². The monoisotopic (exact) mass is 258 g/mol. The van der Waals surface area contributed by atoms with E-state index in [2.05, 4.69) is 13.8 Å². The van der Waals surface area contributed by atoms with Crippen LogP contribution in [0.5, 0.6) is 0 Å². The average molecular weight is 259 g/mol. The van der Waals surface area contributed by atoms with Crippen molar-refractivity contribution in [1.82, 2.24) is 0 Å². The van der Waals surface area contributed by atoms with E-state index in [1.807, 2.05) is 69.2 Å². The first-order chi connectivity index (χ1) is 6.41. The highest BCUT2D eigenvalue weighted by Gasteiger charge is 1.35. The van der Waals surface area contributed by atoms with Crippen molar-refractivity contribution in [2.45, 2.75) is 119 Å². The Labute approximate surface area is 120 Å². The fourth-order valence-corrected chi connectivity index (χ4v) is 0. The van der Waals surface area contributed by atoms with E-state index < -0.39 is 0 Å². The normalized spacial score (nSPS) is 2.82. The number of rotatable bonds is 0. The Morgan fingerprint density at radius 1 is 0.353 bits per heavy atom. The van der Waals surface area contributed by atoms with Gasteiger partial charge in [0.2, 0.25) is 0 Å². The van der Waals surface area contributed by atoms with Gasteiger partial charge in [0.1, 0.15) is 0 Å². The summed E-state index contributed by atoms with van der Waals surface area (Å²) in [7, 11) is 0. The average Bonchev–Trinajstić information content (AvgIpc) is 2.32. The molecule has 0 heteroatoms. The van der Waals surface area contributed by atoms with Crippen LogP contribution in [-0.4, -0.2) is 0 Å². The number of hydrogen-bond acceptors (Lipinski definition) is 0.